The molecule has 2 N–H and O–H groups in total. The summed E-state index contributed by atoms with van der Waals surface area (Å²) in [5.74, 6) is 2.11. The number of rotatable bonds is 1. The molecule has 0 aliphatic carbocycles. The Hall–Kier alpha value is -0.680. The molecule has 1 amide bonds. The molecular weight excluding hydrogens is 312 g/mol. The highest BCUT2D eigenvalue weighted by molar-refractivity contribution is 9.10. The lowest BCUT2D eigenvalue weighted by atomic mass is 10.0. The highest BCUT2D eigenvalue weighted by atomic mass is 79.9. The van der Waals surface area contributed by atoms with Gasteiger partial charge in [-0.05, 0) is 31.5 Å². The maximum absolute atomic E-state index is 12.6. The molecule has 1 aromatic rings. The molecule has 1 atom stereocenters. The predicted molar refractivity (Wildman–Crippen MR) is 81.1 cm³/mol. The number of benzene rings is 1. The maximum Gasteiger partial charge on any atom is 0.254 e. The number of thioether (sulfide) groups is 1. The average Bonchev–Trinajstić information content (AvgIpc) is 2.33. The third-order valence-electron chi connectivity index (χ3n) is 3.27. The number of amides is 1. The van der Waals surface area contributed by atoms with Gasteiger partial charge in [-0.15, -0.1) is 0 Å². The number of halogens is 1. The average molecular weight is 329 g/mol. The van der Waals surface area contributed by atoms with Crippen molar-refractivity contribution in [2.24, 2.45) is 0 Å². The van der Waals surface area contributed by atoms with Crippen LogP contribution in [0.3, 0.4) is 0 Å². The van der Waals surface area contributed by atoms with Gasteiger partial charge in [-0.3, -0.25) is 4.79 Å². The summed E-state index contributed by atoms with van der Waals surface area (Å²) in [6.07, 6.45) is 0. The molecule has 5 heteroatoms. The van der Waals surface area contributed by atoms with Crippen molar-refractivity contribution in [2.75, 3.05) is 23.8 Å². The molecule has 0 aromatic heterocycles. The van der Waals surface area contributed by atoms with Gasteiger partial charge in [0.05, 0.1) is 0 Å². The van der Waals surface area contributed by atoms with Crippen molar-refractivity contribution in [3.05, 3.63) is 27.7 Å². The van der Waals surface area contributed by atoms with E-state index in [9.17, 15) is 4.79 Å². The Morgan fingerprint density at radius 3 is 2.94 bits per heavy atom. The molecule has 1 heterocycles. The lowest BCUT2D eigenvalue weighted by molar-refractivity contribution is 0.0715. The standard InChI is InChI=1S/C13H17BrN2OS/c1-8-7-18-4-3-16(8)13(17)11-5-10(14)6-12(15)9(11)2/h5-6,8H,3-4,7,15H2,1-2H3. The summed E-state index contributed by atoms with van der Waals surface area (Å²) in [7, 11) is 0. The quantitative estimate of drug-likeness (QED) is 0.806. The molecule has 1 fully saturated rings. The van der Waals surface area contributed by atoms with Gasteiger partial charge in [-0.1, -0.05) is 15.9 Å². The minimum absolute atomic E-state index is 0.0910. The summed E-state index contributed by atoms with van der Waals surface area (Å²) < 4.78 is 0.855. The van der Waals surface area contributed by atoms with Gasteiger partial charge in [-0.2, -0.15) is 11.8 Å². The number of carbonyl (C=O) groups excluding carboxylic acids is 1. The van der Waals surface area contributed by atoms with E-state index >= 15 is 0 Å². The summed E-state index contributed by atoms with van der Waals surface area (Å²) >= 11 is 5.30. The fourth-order valence-electron chi connectivity index (χ4n) is 2.11. The third kappa shape index (κ3) is 2.67. The summed E-state index contributed by atoms with van der Waals surface area (Å²) in [6.45, 7) is 4.82. The van der Waals surface area contributed by atoms with E-state index < -0.39 is 0 Å². The van der Waals surface area contributed by atoms with Gasteiger partial charge in [0.15, 0.2) is 0 Å². The van der Waals surface area contributed by atoms with Crippen LogP contribution in [0.4, 0.5) is 5.69 Å². The highest BCUT2D eigenvalue weighted by Crippen LogP contribution is 2.26. The van der Waals surface area contributed by atoms with Crippen molar-refractivity contribution < 1.29 is 4.79 Å². The van der Waals surface area contributed by atoms with Gasteiger partial charge in [0.1, 0.15) is 0 Å². The van der Waals surface area contributed by atoms with Crippen LogP contribution in [0.25, 0.3) is 0 Å². The fraction of sp³-hybridized carbons (Fsp3) is 0.462. The fourth-order valence-corrected chi connectivity index (χ4v) is 3.59. The van der Waals surface area contributed by atoms with Crippen LogP contribution in [-0.4, -0.2) is 34.9 Å². The van der Waals surface area contributed by atoms with Crippen LogP contribution in [0.15, 0.2) is 16.6 Å². The molecule has 2 rings (SSSR count). The van der Waals surface area contributed by atoms with Crippen molar-refractivity contribution in [2.45, 2.75) is 19.9 Å². The monoisotopic (exact) mass is 328 g/mol. The highest BCUT2D eigenvalue weighted by Gasteiger charge is 2.26. The van der Waals surface area contributed by atoms with Gasteiger partial charge in [-0.25, -0.2) is 0 Å². The lowest BCUT2D eigenvalue weighted by Gasteiger charge is -2.33. The Morgan fingerprint density at radius 1 is 1.56 bits per heavy atom. The van der Waals surface area contributed by atoms with Gasteiger partial charge < -0.3 is 10.6 Å². The van der Waals surface area contributed by atoms with Crippen LogP contribution in [0.2, 0.25) is 0 Å². The number of hydrogen-bond donors (Lipinski definition) is 1. The normalized spacial score (nSPS) is 19.9. The van der Waals surface area contributed by atoms with Crippen LogP contribution in [0, 0.1) is 6.92 Å². The summed E-state index contributed by atoms with van der Waals surface area (Å²) in [6, 6.07) is 3.99. The number of carbonyl (C=O) groups is 1. The van der Waals surface area contributed by atoms with Gasteiger partial charge >= 0.3 is 0 Å². The minimum atomic E-state index is 0.0910. The second kappa shape index (κ2) is 5.53. The van der Waals surface area contributed by atoms with E-state index in [1.165, 1.54) is 0 Å². The zero-order valence-corrected chi connectivity index (χ0v) is 13.0. The number of nitrogens with zero attached hydrogens (tertiary/aromatic N) is 1. The van der Waals surface area contributed by atoms with Crippen LogP contribution in [0.1, 0.15) is 22.8 Å². The van der Waals surface area contributed by atoms with Crippen LogP contribution in [0.5, 0.6) is 0 Å². The number of anilines is 1. The van der Waals surface area contributed by atoms with Gasteiger partial charge in [0, 0.05) is 39.8 Å². The van der Waals surface area contributed by atoms with E-state index in [1.807, 2.05) is 35.7 Å². The Balaban J connectivity index is 2.33. The van der Waals surface area contributed by atoms with Crippen LogP contribution in [-0.2, 0) is 0 Å². The van der Waals surface area contributed by atoms with E-state index in [2.05, 4.69) is 22.9 Å². The molecule has 1 aromatic carbocycles. The summed E-state index contributed by atoms with van der Waals surface area (Å²) in [5.41, 5.74) is 8.16. The first kappa shape index (κ1) is 13.7. The van der Waals surface area contributed by atoms with E-state index in [1.54, 1.807) is 0 Å². The van der Waals surface area contributed by atoms with Crippen molar-refractivity contribution in [1.82, 2.24) is 4.90 Å². The second-order valence-electron chi connectivity index (χ2n) is 4.59. The van der Waals surface area contributed by atoms with Crippen molar-refractivity contribution in [1.29, 1.82) is 0 Å². The Kier molecular flexibility index (Phi) is 4.22. The maximum atomic E-state index is 12.6. The zero-order chi connectivity index (χ0) is 13.3. The third-order valence-corrected chi connectivity index (χ3v) is 4.92. The molecule has 1 unspecified atom stereocenters. The first-order chi connectivity index (χ1) is 8.50. The molecule has 1 aliphatic rings. The molecule has 98 valence electrons. The molecular formula is C13H17BrN2OS. The SMILES string of the molecule is Cc1c(N)cc(Br)cc1C(=O)N1CCSCC1C. The zero-order valence-electron chi connectivity index (χ0n) is 10.6. The van der Waals surface area contributed by atoms with Crippen molar-refractivity contribution >= 4 is 39.3 Å². The molecule has 3 nitrogen and oxygen atoms in total. The minimum Gasteiger partial charge on any atom is -0.398 e. The predicted octanol–water partition coefficient (Wildman–Crippen LogP) is 2.92. The van der Waals surface area contributed by atoms with E-state index in [0.29, 0.717) is 11.3 Å². The van der Waals surface area contributed by atoms with Crippen molar-refractivity contribution in [3.8, 4) is 0 Å². The summed E-state index contributed by atoms with van der Waals surface area (Å²) in [4.78, 5) is 14.5. The van der Waals surface area contributed by atoms with Crippen LogP contribution < -0.4 is 5.73 Å². The molecule has 1 saturated heterocycles. The van der Waals surface area contributed by atoms with Crippen LogP contribution >= 0.6 is 27.7 Å². The number of nitrogens with two attached hydrogens (primary N) is 1. The largest absolute Gasteiger partial charge is 0.398 e. The first-order valence-electron chi connectivity index (χ1n) is 5.95. The molecule has 18 heavy (non-hydrogen) atoms. The second-order valence-corrected chi connectivity index (χ2v) is 6.66. The smallest absolute Gasteiger partial charge is 0.254 e. The molecule has 0 radical (unpaired) electrons. The van der Waals surface area contributed by atoms with Gasteiger partial charge in [0.25, 0.3) is 5.91 Å². The Bertz CT molecular complexity index is 478. The van der Waals surface area contributed by atoms with E-state index in [4.69, 9.17) is 5.73 Å². The topological polar surface area (TPSA) is 46.3 Å². The van der Waals surface area contributed by atoms with E-state index in [-0.39, 0.29) is 11.9 Å². The summed E-state index contributed by atoms with van der Waals surface area (Å²) in [5, 5.41) is 0. The lowest BCUT2D eigenvalue weighted by Crippen LogP contribution is -2.44. The Morgan fingerprint density at radius 2 is 2.28 bits per heavy atom. The van der Waals surface area contributed by atoms with E-state index in [0.717, 1.165) is 28.1 Å². The first-order valence-corrected chi connectivity index (χ1v) is 7.90. The Labute approximate surface area is 120 Å². The van der Waals surface area contributed by atoms with Crippen molar-refractivity contribution in [3.63, 3.8) is 0 Å². The number of hydrogen-bond acceptors (Lipinski definition) is 3. The molecule has 0 saturated carbocycles. The molecule has 0 spiro atoms. The molecule has 0 bridgehead atoms. The van der Waals surface area contributed by atoms with Gasteiger partial charge in [0.2, 0.25) is 0 Å². The molecule has 1 aliphatic heterocycles. The number of nitrogen functional groups attached to an aromatic ring is 1.